The molecular formula is C9H19NO2. The Kier molecular flexibility index (Phi) is 3.09. The van der Waals surface area contributed by atoms with E-state index in [1.807, 2.05) is 6.92 Å². The average molecular weight is 173 g/mol. The Bertz CT molecular complexity index is 151. The zero-order chi connectivity index (χ0) is 9.19. The summed E-state index contributed by atoms with van der Waals surface area (Å²) in [7, 11) is 0. The van der Waals surface area contributed by atoms with Crippen LogP contribution in [0.15, 0.2) is 0 Å². The van der Waals surface area contributed by atoms with Gasteiger partial charge < -0.3 is 15.6 Å². The molecule has 0 aromatic heterocycles. The first kappa shape index (κ1) is 9.96. The maximum absolute atomic E-state index is 10.2. The van der Waals surface area contributed by atoms with Crippen LogP contribution in [0.1, 0.15) is 20.3 Å². The lowest BCUT2D eigenvalue weighted by Gasteiger charge is -2.32. The van der Waals surface area contributed by atoms with Crippen molar-refractivity contribution in [1.29, 1.82) is 0 Å². The molecule has 0 aliphatic carbocycles. The Labute approximate surface area is 73.9 Å². The van der Waals surface area contributed by atoms with E-state index in [2.05, 4.69) is 6.92 Å². The number of ether oxygens (including phenoxy) is 1. The smallest absolute Gasteiger partial charge is 0.0967 e. The summed E-state index contributed by atoms with van der Waals surface area (Å²) in [6.07, 6.45) is 0.959. The second-order valence-electron chi connectivity index (χ2n) is 3.75. The molecule has 1 fully saturated rings. The maximum Gasteiger partial charge on any atom is 0.0967 e. The number of rotatable bonds is 3. The third-order valence-corrected chi connectivity index (χ3v) is 3.06. The number of hydrogen-bond donors (Lipinski definition) is 2. The zero-order valence-corrected chi connectivity index (χ0v) is 7.92. The fourth-order valence-electron chi connectivity index (χ4n) is 1.85. The van der Waals surface area contributed by atoms with Crippen LogP contribution in [0.25, 0.3) is 0 Å². The SMILES string of the molecule is CCC1COCC1(O)C(C)CN. The quantitative estimate of drug-likeness (QED) is 0.648. The van der Waals surface area contributed by atoms with Gasteiger partial charge in [-0.15, -0.1) is 0 Å². The molecule has 3 unspecified atom stereocenters. The summed E-state index contributed by atoms with van der Waals surface area (Å²) in [5.41, 5.74) is 4.86. The topological polar surface area (TPSA) is 55.5 Å². The molecule has 1 aliphatic rings. The van der Waals surface area contributed by atoms with Crippen LogP contribution in [0, 0.1) is 11.8 Å². The van der Waals surface area contributed by atoms with E-state index in [1.165, 1.54) is 0 Å². The van der Waals surface area contributed by atoms with E-state index in [4.69, 9.17) is 10.5 Å². The van der Waals surface area contributed by atoms with Crippen LogP contribution in [-0.2, 0) is 4.74 Å². The summed E-state index contributed by atoms with van der Waals surface area (Å²) in [4.78, 5) is 0. The number of nitrogens with two attached hydrogens (primary N) is 1. The van der Waals surface area contributed by atoms with Crippen molar-refractivity contribution in [2.45, 2.75) is 25.9 Å². The van der Waals surface area contributed by atoms with Gasteiger partial charge in [0, 0.05) is 5.92 Å². The molecule has 1 aliphatic heterocycles. The molecule has 1 heterocycles. The molecule has 0 aromatic carbocycles. The fraction of sp³-hybridized carbons (Fsp3) is 1.00. The Balaban J connectivity index is 2.67. The van der Waals surface area contributed by atoms with Crippen molar-refractivity contribution >= 4 is 0 Å². The van der Waals surface area contributed by atoms with Crippen LogP contribution in [0.2, 0.25) is 0 Å². The lowest BCUT2D eigenvalue weighted by molar-refractivity contribution is -0.0430. The second kappa shape index (κ2) is 3.73. The minimum absolute atomic E-state index is 0.130. The lowest BCUT2D eigenvalue weighted by atomic mass is 9.79. The zero-order valence-electron chi connectivity index (χ0n) is 7.92. The van der Waals surface area contributed by atoms with E-state index >= 15 is 0 Å². The molecule has 12 heavy (non-hydrogen) atoms. The molecule has 3 atom stereocenters. The third-order valence-electron chi connectivity index (χ3n) is 3.06. The minimum Gasteiger partial charge on any atom is -0.387 e. The predicted molar refractivity (Wildman–Crippen MR) is 47.8 cm³/mol. The lowest BCUT2D eigenvalue weighted by Crippen LogP contribution is -2.46. The van der Waals surface area contributed by atoms with E-state index < -0.39 is 5.60 Å². The van der Waals surface area contributed by atoms with Gasteiger partial charge in [0.1, 0.15) is 0 Å². The summed E-state index contributed by atoms with van der Waals surface area (Å²) in [5.74, 6) is 0.390. The van der Waals surface area contributed by atoms with Crippen LogP contribution in [-0.4, -0.2) is 30.5 Å². The first-order valence-electron chi connectivity index (χ1n) is 4.65. The molecule has 3 N–H and O–H groups in total. The van der Waals surface area contributed by atoms with Gasteiger partial charge in [-0.2, -0.15) is 0 Å². The summed E-state index contributed by atoms with van der Waals surface area (Å²) < 4.78 is 5.28. The summed E-state index contributed by atoms with van der Waals surface area (Å²) >= 11 is 0. The molecule has 0 amide bonds. The average Bonchev–Trinajstić information content (AvgIpc) is 2.46. The summed E-state index contributed by atoms with van der Waals surface area (Å²) in [6, 6.07) is 0. The molecule has 0 bridgehead atoms. The largest absolute Gasteiger partial charge is 0.387 e. The van der Waals surface area contributed by atoms with E-state index in [0.717, 1.165) is 6.42 Å². The van der Waals surface area contributed by atoms with Crippen molar-refractivity contribution < 1.29 is 9.84 Å². The van der Waals surface area contributed by atoms with E-state index in [0.29, 0.717) is 19.8 Å². The Morgan fingerprint density at radius 3 is 2.92 bits per heavy atom. The first-order chi connectivity index (χ1) is 5.65. The molecule has 1 saturated heterocycles. The molecule has 0 spiro atoms. The van der Waals surface area contributed by atoms with Gasteiger partial charge in [0.2, 0.25) is 0 Å². The van der Waals surface area contributed by atoms with Crippen molar-refractivity contribution in [3.63, 3.8) is 0 Å². The summed E-state index contributed by atoms with van der Waals surface area (Å²) in [6.45, 7) is 5.71. The highest BCUT2D eigenvalue weighted by Gasteiger charge is 2.44. The molecule has 3 heteroatoms. The fourth-order valence-corrected chi connectivity index (χ4v) is 1.85. The number of aliphatic hydroxyl groups is 1. The Morgan fingerprint density at radius 2 is 2.42 bits per heavy atom. The molecule has 1 rings (SSSR count). The highest BCUT2D eigenvalue weighted by molar-refractivity contribution is 4.94. The van der Waals surface area contributed by atoms with Gasteiger partial charge in [-0.05, 0) is 18.9 Å². The van der Waals surface area contributed by atoms with Crippen LogP contribution in [0.4, 0.5) is 0 Å². The van der Waals surface area contributed by atoms with Gasteiger partial charge >= 0.3 is 0 Å². The van der Waals surface area contributed by atoms with Gasteiger partial charge in [0.05, 0.1) is 18.8 Å². The predicted octanol–water partition coefficient (Wildman–Crippen LogP) is 0.369. The van der Waals surface area contributed by atoms with Crippen LogP contribution < -0.4 is 5.73 Å². The molecular weight excluding hydrogens is 154 g/mol. The van der Waals surface area contributed by atoms with Crippen molar-refractivity contribution in [3.8, 4) is 0 Å². The molecule has 0 aromatic rings. The van der Waals surface area contributed by atoms with E-state index in [1.54, 1.807) is 0 Å². The van der Waals surface area contributed by atoms with Gasteiger partial charge in [-0.25, -0.2) is 0 Å². The molecule has 0 radical (unpaired) electrons. The van der Waals surface area contributed by atoms with Gasteiger partial charge in [0.25, 0.3) is 0 Å². The molecule has 0 saturated carbocycles. The summed E-state index contributed by atoms with van der Waals surface area (Å²) in [5, 5.41) is 10.2. The van der Waals surface area contributed by atoms with Crippen molar-refractivity contribution in [2.75, 3.05) is 19.8 Å². The van der Waals surface area contributed by atoms with Gasteiger partial charge in [-0.1, -0.05) is 13.8 Å². The van der Waals surface area contributed by atoms with Crippen LogP contribution in [0.3, 0.4) is 0 Å². The van der Waals surface area contributed by atoms with Crippen molar-refractivity contribution in [3.05, 3.63) is 0 Å². The molecule has 3 nitrogen and oxygen atoms in total. The standard InChI is InChI=1S/C9H19NO2/c1-3-8-5-12-6-9(8,11)7(2)4-10/h7-8,11H,3-6,10H2,1-2H3. The third kappa shape index (κ3) is 1.49. The maximum atomic E-state index is 10.2. The second-order valence-corrected chi connectivity index (χ2v) is 3.75. The van der Waals surface area contributed by atoms with Crippen LogP contribution in [0.5, 0.6) is 0 Å². The van der Waals surface area contributed by atoms with Crippen molar-refractivity contribution in [2.24, 2.45) is 17.6 Å². The monoisotopic (exact) mass is 173 g/mol. The minimum atomic E-state index is -0.677. The highest BCUT2D eigenvalue weighted by atomic mass is 16.5. The normalized spacial score (nSPS) is 38.5. The van der Waals surface area contributed by atoms with Crippen LogP contribution >= 0.6 is 0 Å². The van der Waals surface area contributed by atoms with Crippen molar-refractivity contribution in [1.82, 2.24) is 0 Å². The molecule has 72 valence electrons. The highest BCUT2D eigenvalue weighted by Crippen LogP contribution is 2.33. The van der Waals surface area contributed by atoms with Gasteiger partial charge in [0.15, 0.2) is 0 Å². The first-order valence-corrected chi connectivity index (χ1v) is 4.65. The number of hydrogen-bond acceptors (Lipinski definition) is 3. The Morgan fingerprint density at radius 1 is 1.75 bits per heavy atom. The van der Waals surface area contributed by atoms with E-state index in [-0.39, 0.29) is 11.8 Å². The Hall–Kier alpha value is -0.120. The van der Waals surface area contributed by atoms with E-state index in [9.17, 15) is 5.11 Å². The van der Waals surface area contributed by atoms with Gasteiger partial charge in [-0.3, -0.25) is 0 Å².